The molecule has 1 N–H and O–H groups in total. The molecule has 1 unspecified atom stereocenters. The summed E-state index contributed by atoms with van der Waals surface area (Å²) in [4.78, 5) is 4.39. The third-order valence-electron chi connectivity index (χ3n) is 2.90. The van der Waals surface area contributed by atoms with E-state index in [-0.39, 0.29) is 0 Å². The molecular weight excluding hydrogens is 286 g/mol. The van der Waals surface area contributed by atoms with E-state index in [1.165, 1.54) is 17.6 Å². The van der Waals surface area contributed by atoms with Crippen LogP contribution in [0.5, 0.6) is 0 Å². The van der Waals surface area contributed by atoms with E-state index in [9.17, 15) is 8.42 Å². The highest BCUT2D eigenvalue weighted by atomic mass is 32.2. The van der Waals surface area contributed by atoms with Crippen LogP contribution in [0.15, 0.2) is 17.1 Å². The van der Waals surface area contributed by atoms with Crippen LogP contribution < -0.4 is 5.32 Å². The van der Waals surface area contributed by atoms with Crippen molar-refractivity contribution in [2.45, 2.75) is 40.5 Å². The Morgan fingerprint density at radius 2 is 1.95 bits per heavy atom. The lowest BCUT2D eigenvalue weighted by Crippen LogP contribution is -2.43. The molecule has 0 heterocycles. The summed E-state index contributed by atoms with van der Waals surface area (Å²) in [6.45, 7) is 9.61. The molecular formula is C15H31N3O2S. The predicted octanol–water partition coefficient (Wildman–Crippen LogP) is 2.47. The van der Waals surface area contributed by atoms with Crippen LogP contribution in [-0.4, -0.2) is 45.1 Å². The van der Waals surface area contributed by atoms with Crippen LogP contribution in [-0.2, 0) is 10.0 Å². The van der Waals surface area contributed by atoms with Crippen molar-refractivity contribution in [3.05, 3.63) is 12.2 Å². The summed E-state index contributed by atoms with van der Waals surface area (Å²) < 4.78 is 24.5. The van der Waals surface area contributed by atoms with Gasteiger partial charge in [0, 0.05) is 20.1 Å². The van der Waals surface area contributed by atoms with E-state index < -0.39 is 10.0 Å². The van der Waals surface area contributed by atoms with E-state index in [4.69, 9.17) is 0 Å². The van der Waals surface area contributed by atoms with Crippen molar-refractivity contribution in [2.24, 2.45) is 16.8 Å². The summed E-state index contributed by atoms with van der Waals surface area (Å²) in [5, 5.41) is 3.15. The summed E-state index contributed by atoms with van der Waals surface area (Å²) in [5.41, 5.74) is 0. The largest absolute Gasteiger partial charge is 0.355 e. The molecule has 0 aliphatic heterocycles. The summed E-state index contributed by atoms with van der Waals surface area (Å²) in [6, 6.07) is 0. The highest BCUT2D eigenvalue weighted by Crippen LogP contribution is 2.02. The number of hydrogen-bond donors (Lipinski definition) is 1. The van der Waals surface area contributed by atoms with Crippen molar-refractivity contribution in [3.8, 4) is 0 Å². The lowest BCUT2D eigenvalue weighted by atomic mass is 10.1. The van der Waals surface area contributed by atoms with Crippen molar-refractivity contribution in [1.82, 2.24) is 9.62 Å². The number of rotatable bonds is 8. The second-order valence-corrected chi connectivity index (χ2v) is 7.88. The average molecular weight is 317 g/mol. The van der Waals surface area contributed by atoms with Gasteiger partial charge in [-0.3, -0.25) is 4.99 Å². The second-order valence-electron chi connectivity index (χ2n) is 5.86. The van der Waals surface area contributed by atoms with Crippen LogP contribution >= 0.6 is 0 Å². The monoisotopic (exact) mass is 317 g/mol. The number of nitrogens with one attached hydrogen (secondary N) is 1. The van der Waals surface area contributed by atoms with Gasteiger partial charge in [-0.05, 0) is 18.3 Å². The Bertz CT molecular complexity index is 442. The lowest BCUT2D eigenvalue weighted by Gasteiger charge is -2.21. The molecule has 0 spiro atoms. The van der Waals surface area contributed by atoms with Crippen molar-refractivity contribution < 1.29 is 8.42 Å². The second kappa shape index (κ2) is 9.82. The highest BCUT2D eigenvalue weighted by Gasteiger charge is 2.16. The summed E-state index contributed by atoms with van der Waals surface area (Å²) in [5.74, 6) is 1.13. The predicted molar refractivity (Wildman–Crippen MR) is 91.0 cm³/mol. The zero-order valence-electron chi connectivity index (χ0n) is 14.3. The first-order valence-electron chi connectivity index (χ1n) is 7.57. The first-order valence-corrected chi connectivity index (χ1v) is 9.42. The van der Waals surface area contributed by atoms with E-state index in [2.05, 4.69) is 50.2 Å². The first kappa shape index (κ1) is 20.0. The molecule has 0 aliphatic rings. The maximum Gasteiger partial charge on any atom is 0.234 e. The topological polar surface area (TPSA) is 61.8 Å². The number of sulfonamides is 1. The minimum atomic E-state index is -3.30. The van der Waals surface area contributed by atoms with Gasteiger partial charge in [0.15, 0.2) is 0 Å². The number of hydrogen-bond acceptors (Lipinski definition) is 3. The Morgan fingerprint density at radius 3 is 2.43 bits per heavy atom. The third kappa shape index (κ3) is 9.50. The molecule has 0 radical (unpaired) electrons. The molecule has 0 rings (SSSR count). The summed E-state index contributed by atoms with van der Waals surface area (Å²) in [7, 11) is -1.77. The van der Waals surface area contributed by atoms with Crippen LogP contribution in [0.2, 0.25) is 0 Å². The zero-order chi connectivity index (χ0) is 16.5. The van der Waals surface area contributed by atoms with Crippen LogP contribution in [0, 0.1) is 11.8 Å². The smallest absolute Gasteiger partial charge is 0.234 e. The number of guanidine groups is 1. The average Bonchev–Trinajstić information content (AvgIpc) is 2.37. The number of unbranched alkanes of at least 4 members (excludes halogenated alkanes) is 1. The standard InChI is InChI=1S/C15H31N3O2S/c1-7-8-9-10-14(4)12-17-15(16-11-13(2)3)18(5)21(6,19)20/h9-10,13-14H,7-8,11-12H2,1-6H3,(H,16,17)/b10-9+. The fraction of sp³-hybridized carbons (Fsp3) is 0.800. The quantitative estimate of drug-likeness (QED) is 0.425. The molecule has 0 bridgehead atoms. The Hall–Kier alpha value is -1.04. The molecule has 0 fully saturated rings. The van der Waals surface area contributed by atoms with Gasteiger partial charge < -0.3 is 5.32 Å². The van der Waals surface area contributed by atoms with Crippen molar-refractivity contribution in [1.29, 1.82) is 0 Å². The van der Waals surface area contributed by atoms with Gasteiger partial charge >= 0.3 is 0 Å². The molecule has 0 aromatic heterocycles. The lowest BCUT2D eigenvalue weighted by molar-refractivity contribution is 0.544. The molecule has 1 atom stereocenters. The van der Waals surface area contributed by atoms with Crippen molar-refractivity contribution >= 4 is 16.0 Å². The molecule has 124 valence electrons. The minimum absolute atomic E-state index is 0.328. The van der Waals surface area contributed by atoms with Crippen LogP contribution in [0.4, 0.5) is 0 Å². The highest BCUT2D eigenvalue weighted by molar-refractivity contribution is 7.88. The van der Waals surface area contributed by atoms with E-state index in [0.717, 1.165) is 12.8 Å². The van der Waals surface area contributed by atoms with Crippen molar-refractivity contribution in [2.75, 3.05) is 26.4 Å². The maximum atomic E-state index is 11.7. The van der Waals surface area contributed by atoms with Gasteiger partial charge in [-0.1, -0.05) is 46.3 Å². The third-order valence-corrected chi connectivity index (χ3v) is 4.07. The Kier molecular flexibility index (Phi) is 9.33. The molecule has 0 aromatic carbocycles. The SMILES string of the molecule is CCC/C=C/C(C)CNC(=NCC(C)C)N(C)S(C)(=O)=O. The molecule has 5 nitrogen and oxygen atoms in total. The number of aliphatic imine (C=N–C) groups is 1. The van der Waals surface area contributed by atoms with Gasteiger partial charge in [0.2, 0.25) is 16.0 Å². The van der Waals surface area contributed by atoms with Gasteiger partial charge in [-0.25, -0.2) is 12.7 Å². The molecule has 0 aromatic rings. The maximum absolute atomic E-state index is 11.7. The Morgan fingerprint density at radius 1 is 1.33 bits per heavy atom. The molecule has 0 amide bonds. The van der Waals surface area contributed by atoms with Crippen LogP contribution in [0.25, 0.3) is 0 Å². The van der Waals surface area contributed by atoms with Gasteiger partial charge in [0.25, 0.3) is 0 Å². The molecule has 6 heteroatoms. The normalized spacial score (nSPS) is 14.7. The van der Waals surface area contributed by atoms with E-state index in [1.54, 1.807) is 0 Å². The van der Waals surface area contributed by atoms with Crippen LogP contribution in [0.1, 0.15) is 40.5 Å². The van der Waals surface area contributed by atoms with Gasteiger partial charge in [0.1, 0.15) is 0 Å². The zero-order valence-corrected chi connectivity index (χ0v) is 15.1. The first-order chi connectivity index (χ1) is 9.68. The summed E-state index contributed by atoms with van der Waals surface area (Å²) >= 11 is 0. The van der Waals surface area contributed by atoms with Gasteiger partial charge in [-0.2, -0.15) is 0 Å². The Labute approximate surface area is 130 Å². The van der Waals surface area contributed by atoms with Crippen LogP contribution in [0.3, 0.4) is 0 Å². The number of nitrogens with zero attached hydrogens (tertiary/aromatic N) is 2. The van der Waals surface area contributed by atoms with Gasteiger partial charge in [-0.15, -0.1) is 0 Å². The number of allylic oxidation sites excluding steroid dienone is 1. The minimum Gasteiger partial charge on any atom is -0.355 e. The van der Waals surface area contributed by atoms with Gasteiger partial charge in [0.05, 0.1) is 6.26 Å². The molecule has 0 aliphatic carbocycles. The van der Waals surface area contributed by atoms with E-state index >= 15 is 0 Å². The Balaban J connectivity index is 4.73. The van der Waals surface area contributed by atoms with E-state index in [1.807, 2.05) is 0 Å². The molecule has 0 saturated heterocycles. The fourth-order valence-electron chi connectivity index (χ4n) is 1.51. The van der Waals surface area contributed by atoms with E-state index in [0.29, 0.717) is 30.9 Å². The summed E-state index contributed by atoms with van der Waals surface area (Å²) in [6.07, 6.45) is 7.70. The van der Waals surface area contributed by atoms with Crippen molar-refractivity contribution in [3.63, 3.8) is 0 Å². The molecule has 21 heavy (non-hydrogen) atoms. The fourth-order valence-corrected chi connectivity index (χ4v) is 1.94. The molecule has 0 saturated carbocycles.